The molecule has 0 spiro atoms. The van der Waals surface area contributed by atoms with E-state index in [1.54, 1.807) is 0 Å². The van der Waals surface area contributed by atoms with E-state index in [1.165, 1.54) is 0 Å². The topological polar surface area (TPSA) is 48.1 Å². The molecule has 4 nitrogen and oxygen atoms in total. The summed E-state index contributed by atoms with van der Waals surface area (Å²) < 4.78 is 0. The molecule has 14 heavy (non-hydrogen) atoms. The number of amides is 2. The van der Waals surface area contributed by atoms with Gasteiger partial charge in [-0.3, -0.25) is 0 Å². The second-order valence-electron chi connectivity index (χ2n) is 3.89. The molecule has 0 aliphatic carbocycles. The first-order valence-corrected chi connectivity index (χ1v) is 4.88. The zero-order valence-electron chi connectivity index (χ0n) is 8.45. The molecule has 0 saturated carbocycles. The van der Waals surface area contributed by atoms with Gasteiger partial charge in [0.2, 0.25) is 0 Å². The van der Waals surface area contributed by atoms with Crippen molar-refractivity contribution >= 4 is 6.03 Å². The van der Waals surface area contributed by atoms with Crippen LogP contribution in [0.4, 0.5) is 4.79 Å². The first-order chi connectivity index (χ1) is 6.68. The molecule has 2 N–H and O–H groups in total. The number of hydrogen-bond donors (Lipinski definition) is 2. The summed E-state index contributed by atoms with van der Waals surface area (Å²) in [5, 5.41) is 2.95. The van der Waals surface area contributed by atoms with E-state index >= 15 is 0 Å². The number of carbonyl (C=O) groups is 1. The molecule has 1 aromatic rings. The van der Waals surface area contributed by atoms with Crippen LogP contribution in [0.1, 0.15) is 25.5 Å². The van der Waals surface area contributed by atoms with Crippen LogP contribution in [-0.4, -0.2) is 28.5 Å². The average molecular weight is 193 g/mol. The van der Waals surface area contributed by atoms with E-state index in [1.807, 2.05) is 37.2 Å². The van der Waals surface area contributed by atoms with Crippen LogP contribution >= 0.6 is 0 Å². The maximum absolute atomic E-state index is 11.5. The molecular formula is C10H15N3O. The minimum absolute atomic E-state index is 0.0335. The van der Waals surface area contributed by atoms with Crippen LogP contribution in [0.25, 0.3) is 0 Å². The van der Waals surface area contributed by atoms with Gasteiger partial charge in [0.25, 0.3) is 0 Å². The number of urea groups is 1. The zero-order valence-corrected chi connectivity index (χ0v) is 8.45. The molecule has 2 rings (SSSR count). The lowest BCUT2D eigenvalue weighted by molar-refractivity contribution is 0.206. The van der Waals surface area contributed by atoms with Crippen LogP contribution in [0, 0.1) is 0 Å². The normalized spacial score (nSPS) is 21.8. The summed E-state index contributed by atoms with van der Waals surface area (Å²) in [6.07, 6.45) is 3.80. The third-order valence-electron chi connectivity index (χ3n) is 2.59. The quantitative estimate of drug-likeness (QED) is 0.734. The van der Waals surface area contributed by atoms with Gasteiger partial charge < -0.3 is 15.2 Å². The molecule has 1 aliphatic heterocycles. The summed E-state index contributed by atoms with van der Waals surface area (Å²) in [5.41, 5.74) is 1.14. The van der Waals surface area contributed by atoms with Crippen molar-refractivity contribution in [2.24, 2.45) is 0 Å². The first-order valence-electron chi connectivity index (χ1n) is 4.88. The van der Waals surface area contributed by atoms with E-state index in [-0.39, 0.29) is 18.1 Å². The molecule has 1 saturated heterocycles. The van der Waals surface area contributed by atoms with Crippen molar-refractivity contribution in [3.8, 4) is 0 Å². The minimum Gasteiger partial charge on any atom is -0.367 e. The van der Waals surface area contributed by atoms with Gasteiger partial charge in [-0.1, -0.05) is 0 Å². The highest BCUT2D eigenvalue weighted by Crippen LogP contribution is 2.20. The molecule has 1 fully saturated rings. The highest BCUT2D eigenvalue weighted by Gasteiger charge is 2.31. The molecule has 2 amide bonds. The van der Waals surface area contributed by atoms with Gasteiger partial charge in [0.15, 0.2) is 0 Å². The van der Waals surface area contributed by atoms with Gasteiger partial charge in [0.05, 0.1) is 6.04 Å². The number of aromatic amines is 1. The second-order valence-corrected chi connectivity index (χ2v) is 3.89. The molecule has 0 aromatic carbocycles. The molecule has 2 heterocycles. The van der Waals surface area contributed by atoms with Crippen molar-refractivity contribution in [1.29, 1.82) is 0 Å². The van der Waals surface area contributed by atoms with Crippen LogP contribution in [0.3, 0.4) is 0 Å². The van der Waals surface area contributed by atoms with Crippen molar-refractivity contribution in [3.05, 3.63) is 24.0 Å². The Morgan fingerprint density at radius 3 is 2.86 bits per heavy atom. The van der Waals surface area contributed by atoms with Crippen molar-refractivity contribution in [1.82, 2.24) is 15.2 Å². The summed E-state index contributed by atoms with van der Waals surface area (Å²) in [6.45, 7) is 4.81. The smallest absolute Gasteiger partial charge is 0.318 e. The predicted molar refractivity (Wildman–Crippen MR) is 53.9 cm³/mol. The fraction of sp³-hybridized carbons (Fsp3) is 0.500. The first kappa shape index (κ1) is 9.12. The van der Waals surface area contributed by atoms with E-state index in [0.29, 0.717) is 0 Å². The third kappa shape index (κ3) is 1.47. The third-order valence-corrected chi connectivity index (χ3v) is 2.59. The number of H-pyrrole nitrogens is 1. The summed E-state index contributed by atoms with van der Waals surface area (Å²) >= 11 is 0. The Hall–Kier alpha value is -1.45. The van der Waals surface area contributed by atoms with Gasteiger partial charge in [-0.2, -0.15) is 0 Å². The Kier molecular flexibility index (Phi) is 2.19. The van der Waals surface area contributed by atoms with Crippen molar-refractivity contribution < 1.29 is 4.79 Å². The number of hydrogen-bond acceptors (Lipinski definition) is 1. The lowest BCUT2D eigenvalue weighted by Crippen LogP contribution is -2.33. The molecule has 1 aromatic heterocycles. The summed E-state index contributed by atoms with van der Waals surface area (Å²) in [7, 11) is 0. The Bertz CT molecular complexity index is 318. The van der Waals surface area contributed by atoms with E-state index < -0.39 is 0 Å². The fourth-order valence-electron chi connectivity index (χ4n) is 1.74. The number of nitrogens with one attached hydrogen (secondary N) is 2. The molecule has 0 radical (unpaired) electrons. The molecule has 1 aliphatic rings. The average Bonchev–Trinajstić information content (AvgIpc) is 2.70. The zero-order chi connectivity index (χ0) is 10.1. The van der Waals surface area contributed by atoms with E-state index in [0.717, 1.165) is 12.1 Å². The molecule has 1 atom stereocenters. The standard InChI is InChI=1S/C10H15N3O/c1-7(2)13-6-9(12-10(13)14)8-3-4-11-5-8/h3-5,7,9,11H,6H2,1-2H3,(H,12,14). The van der Waals surface area contributed by atoms with Gasteiger partial charge in [0.1, 0.15) is 0 Å². The number of nitrogens with zero attached hydrogens (tertiary/aromatic N) is 1. The molecule has 0 bridgehead atoms. The van der Waals surface area contributed by atoms with Gasteiger partial charge in [0, 0.05) is 25.0 Å². The Labute approximate surface area is 83.3 Å². The number of carbonyl (C=O) groups excluding carboxylic acids is 1. The molecular weight excluding hydrogens is 178 g/mol. The second kappa shape index (κ2) is 3.36. The van der Waals surface area contributed by atoms with Crippen LogP contribution in [0.5, 0.6) is 0 Å². The predicted octanol–water partition coefficient (Wildman–Crippen LogP) is 1.49. The minimum atomic E-state index is 0.0335. The van der Waals surface area contributed by atoms with Gasteiger partial charge >= 0.3 is 6.03 Å². The maximum atomic E-state index is 11.5. The molecule has 4 heteroatoms. The van der Waals surface area contributed by atoms with Crippen molar-refractivity contribution in [2.75, 3.05) is 6.54 Å². The van der Waals surface area contributed by atoms with E-state index in [4.69, 9.17) is 0 Å². The fourth-order valence-corrected chi connectivity index (χ4v) is 1.74. The lowest BCUT2D eigenvalue weighted by atomic mass is 10.1. The van der Waals surface area contributed by atoms with Crippen LogP contribution in [-0.2, 0) is 0 Å². The molecule has 1 unspecified atom stereocenters. The summed E-state index contributed by atoms with van der Waals surface area (Å²) in [5.74, 6) is 0. The Balaban J connectivity index is 2.10. The van der Waals surface area contributed by atoms with Crippen molar-refractivity contribution in [3.63, 3.8) is 0 Å². The van der Waals surface area contributed by atoms with Gasteiger partial charge in [-0.15, -0.1) is 0 Å². The van der Waals surface area contributed by atoms with Crippen LogP contribution < -0.4 is 5.32 Å². The van der Waals surface area contributed by atoms with Gasteiger partial charge in [-0.25, -0.2) is 4.79 Å². The maximum Gasteiger partial charge on any atom is 0.318 e. The van der Waals surface area contributed by atoms with Crippen LogP contribution in [0.2, 0.25) is 0 Å². The van der Waals surface area contributed by atoms with Gasteiger partial charge in [-0.05, 0) is 25.5 Å². The Morgan fingerprint density at radius 2 is 2.36 bits per heavy atom. The lowest BCUT2D eigenvalue weighted by Gasteiger charge is -2.18. The highest BCUT2D eigenvalue weighted by molar-refractivity contribution is 5.77. The number of aromatic nitrogens is 1. The Morgan fingerprint density at radius 1 is 1.57 bits per heavy atom. The van der Waals surface area contributed by atoms with E-state index in [9.17, 15) is 4.79 Å². The van der Waals surface area contributed by atoms with Crippen LogP contribution in [0.15, 0.2) is 18.5 Å². The highest BCUT2D eigenvalue weighted by atomic mass is 16.2. The monoisotopic (exact) mass is 193 g/mol. The van der Waals surface area contributed by atoms with E-state index in [2.05, 4.69) is 10.3 Å². The summed E-state index contributed by atoms with van der Waals surface area (Å²) in [4.78, 5) is 16.4. The number of rotatable bonds is 2. The van der Waals surface area contributed by atoms with Crippen molar-refractivity contribution in [2.45, 2.75) is 25.9 Å². The summed E-state index contributed by atoms with van der Waals surface area (Å²) in [6, 6.07) is 2.43. The SMILES string of the molecule is CC(C)N1CC(c2cc[nH]c2)NC1=O. The largest absolute Gasteiger partial charge is 0.367 e. The molecule has 76 valence electrons.